The maximum absolute atomic E-state index is 12.4. The fourth-order valence-corrected chi connectivity index (χ4v) is 4.94. The topological polar surface area (TPSA) is 84.5 Å². The van der Waals surface area contributed by atoms with Crippen LogP contribution in [0.15, 0.2) is 23.1 Å². The number of ether oxygens (including phenoxy) is 1. The molecule has 1 aromatic heterocycles. The third kappa shape index (κ3) is 5.20. The molecule has 2 N–H and O–H groups in total. The molecular formula is C18H18Cl2N2O4S2. The summed E-state index contributed by atoms with van der Waals surface area (Å²) in [5, 5.41) is 6.38. The van der Waals surface area contributed by atoms with Crippen molar-refractivity contribution < 1.29 is 19.1 Å². The molecule has 0 aliphatic heterocycles. The molecule has 2 rings (SSSR count). The Morgan fingerprint density at radius 2 is 1.86 bits per heavy atom. The summed E-state index contributed by atoms with van der Waals surface area (Å²) < 4.78 is 5.06. The van der Waals surface area contributed by atoms with Gasteiger partial charge >= 0.3 is 5.97 Å². The average Bonchev–Trinajstić information content (AvgIpc) is 2.96. The van der Waals surface area contributed by atoms with E-state index in [-0.39, 0.29) is 34.7 Å². The summed E-state index contributed by atoms with van der Waals surface area (Å²) in [4.78, 5) is 37.7. The van der Waals surface area contributed by atoms with E-state index in [0.717, 1.165) is 11.3 Å². The van der Waals surface area contributed by atoms with E-state index in [1.54, 1.807) is 32.0 Å². The molecule has 0 saturated heterocycles. The van der Waals surface area contributed by atoms with E-state index in [9.17, 15) is 14.4 Å². The lowest BCUT2D eigenvalue weighted by atomic mass is 10.1. The predicted molar refractivity (Wildman–Crippen MR) is 114 cm³/mol. The van der Waals surface area contributed by atoms with Crippen LogP contribution in [0.25, 0.3) is 0 Å². The van der Waals surface area contributed by atoms with Crippen molar-refractivity contribution in [1.82, 2.24) is 5.32 Å². The van der Waals surface area contributed by atoms with Crippen LogP contribution in [0.2, 0.25) is 10.0 Å². The minimum Gasteiger partial charge on any atom is -0.462 e. The molecule has 28 heavy (non-hydrogen) atoms. The van der Waals surface area contributed by atoms with E-state index in [1.165, 1.54) is 18.8 Å². The predicted octanol–water partition coefficient (Wildman–Crippen LogP) is 4.63. The fraction of sp³-hybridized carbons (Fsp3) is 0.278. The highest BCUT2D eigenvalue weighted by Gasteiger charge is 2.26. The van der Waals surface area contributed by atoms with E-state index in [0.29, 0.717) is 25.4 Å². The number of nitrogens with one attached hydrogen (secondary N) is 2. The largest absolute Gasteiger partial charge is 0.462 e. The fourth-order valence-electron chi connectivity index (χ4n) is 2.30. The molecule has 150 valence electrons. The molecule has 0 atom stereocenters. The van der Waals surface area contributed by atoms with Crippen LogP contribution in [-0.4, -0.2) is 37.2 Å². The van der Waals surface area contributed by atoms with Crippen LogP contribution in [0, 0.1) is 6.92 Å². The van der Waals surface area contributed by atoms with Gasteiger partial charge in [-0.05, 0) is 31.5 Å². The molecule has 2 amide bonds. The number of esters is 1. The molecule has 0 bridgehead atoms. The second-order valence-electron chi connectivity index (χ2n) is 5.45. The van der Waals surface area contributed by atoms with Crippen LogP contribution >= 0.6 is 46.3 Å². The first kappa shape index (κ1) is 22.5. The molecule has 1 aromatic carbocycles. The van der Waals surface area contributed by atoms with E-state index in [2.05, 4.69) is 10.6 Å². The van der Waals surface area contributed by atoms with Crippen molar-refractivity contribution >= 4 is 69.1 Å². The molecule has 0 aliphatic carbocycles. The number of hydrogen-bond donors (Lipinski definition) is 2. The first-order valence-electron chi connectivity index (χ1n) is 8.19. The molecule has 0 aliphatic rings. The normalized spacial score (nSPS) is 10.5. The van der Waals surface area contributed by atoms with E-state index in [1.807, 2.05) is 0 Å². The van der Waals surface area contributed by atoms with Crippen molar-refractivity contribution in [2.75, 3.05) is 24.7 Å². The molecule has 10 heteroatoms. The van der Waals surface area contributed by atoms with Gasteiger partial charge < -0.3 is 15.4 Å². The number of thiophene rings is 1. The van der Waals surface area contributed by atoms with Crippen molar-refractivity contribution in [2.45, 2.75) is 18.7 Å². The van der Waals surface area contributed by atoms with Crippen molar-refractivity contribution in [3.8, 4) is 0 Å². The summed E-state index contributed by atoms with van der Waals surface area (Å²) in [5.74, 6) is -1.27. The number of carbonyl (C=O) groups is 3. The molecule has 0 fully saturated rings. The number of rotatable bonds is 7. The minimum atomic E-state index is -0.594. The highest BCUT2D eigenvalue weighted by Crippen LogP contribution is 2.36. The average molecular weight is 461 g/mol. The van der Waals surface area contributed by atoms with Crippen molar-refractivity contribution in [2.24, 2.45) is 0 Å². The van der Waals surface area contributed by atoms with Gasteiger partial charge in [0.1, 0.15) is 5.00 Å². The summed E-state index contributed by atoms with van der Waals surface area (Å²) in [6.45, 7) is 3.50. The molecule has 1 heterocycles. The van der Waals surface area contributed by atoms with Crippen molar-refractivity contribution in [3.05, 3.63) is 44.2 Å². The van der Waals surface area contributed by atoms with Crippen LogP contribution in [-0.2, 0) is 9.53 Å². The SMILES string of the molecule is CCOC(=O)c1c(NC(=O)CSc2c(Cl)cccc2Cl)sc(C(=O)NC)c1C. The molecule has 0 saturated carbocycles. The molecule has 0 spiro atoms. The Labute approximate surface area is 180 Å². The summed E-state index contributed by atoms with van der Waals surface area (Å²) >= 11 is 14.4. The Bertz CT molecular complexity index is 895. The molecular weight excluding hydrogens is 443 g/mol. The van der Waals surface area contributed by atoms with E-state index < -0.39 is 5.97 Å². The third-order valence-electron chi connectivity index (χ3n) is 3.58. The smallest absolute Gasteiger partial charge is 0.341 e. The Hall–Kier alpha value is -1.74. The lowest BCUT2D eigenvalue weighted by molar-refractivity contribution is -0.113. The number of amides is 2. The second kappa shape index (κ2) is 10.2. The number of halogens is 2. The van der Waals surface area contributed by atoms with Crippen LogP contribution in [0.3, 0.4) is 0 Å². The molecule has 2 aromatic rings. The van der Waals surface area contributed by atoms with Crippen LogP contribution in [0.4, 0.5) is 5.00 Å². The lowest BCUT2D eigenvalue weighted by Crippen LogP contribution is -2.18. The maximum atomic E-state index is 12.4. The standard InChI is InChI=1S/C18H18Cl2N2O4S2/c1-4-26-18(25)13-9(2)14(16(24)21-3)28-17(13)22-12(23)8-27-15-10(19)6-5-7-11(15)20/h5-7H,4,8H2,1-3H3,(H,21,24)(H,22,23). The van der Waals surface area contributed by atoms with Crippen LogP contribution in [0.5, 0.6) is 0 Å². The van der Waals surface area contributed by atoms with Gasteiger partial charge in [-0.2, -0.15) is 0 Å². The first-order chi connectivity index (χ1) is 13.3. The monoisotopic (exact) mass is 460 g/mol. The number of carbonyl (C=O) groups excluding carboxylic acids is 3. The number of hydrogen-bond acceptors (Lipinski definition) is 6. The van der Waals surface area contributed by atoms with Gasteiger partial charge in [0, 0.05) is 11.9 Å². The van der Waals surface area contributed by atoms with Gasteiger partial charge in [0.05, 0.1) is 32.8 Å². The van der Waals surface area contributed by atoms with Crippen molar-refractivity contribution in [3.63, 3.8) is 0 Å². The quantitative estimate of drug-likeness (QED) is 0.464. The zero-order chi connectivity index (χ0) is 20.8. The van der Waals surface area contributed by atoms with Crippen molar-refractivity contribution in [1.29, 1.82) is 0 Å². The van der Waals surface area contributed by atoms with Gasteiger partial charge in [-0.15, -0.1) is 23.1 Å². The van der Waals surface area contributed by atoms with Gasteiger partial charge in [-0.25, -0.2) is 4.79 Å². The zero-order valence-corrected chi connectivity index (χ0v) is 18.5. The van der Waals surface area contributed by atoms with Gasteiger partial charge in [0.25, 0.3) is 5.91 Å². The van der Waals surface area contributed by atoms with Crippen LogP contribution < -0.4 is 10.6 Å². The van der Waals surface area contributed by atoms with Gasteiger partial charge in [-0.1, -0.05) is 29.3 Å². The van der Waals surface area contributed by atoms with E-state index >= 15 is 0 Å². The molecule has 0 unspecified atom stereocenters. The Balaban J connectivity index is 2.22. The number of benzene rings is 1. The highest BCUT2D eigenvalue weighted by molar-refractivity contribution is 8.00. The minimum absolute atomic E-state index is 0.0258. The summed E-state index contributed by atoms with van der Waals surface area (Å²) in [7, 11) is 1.49. The third-order valence-corrected chi connectivity index (χ3v) is 6.77. The Morgan fingerprint density at radius 1 is 1.21 bits per heavy atom. The van der Waals surface area contributed by atoms with E-state index in [4.69, 9.17) is 27.9 Å². The molecule has 0 radical (unpaired) electrons. The molecule has 6 nitrogen and oxygen atoms in total. The second-order valence-corrected chi connectivity index (χ2v) is 8.27. The zero-order valence-electron chi connectivity index (χ0n) is 15.4. The summed E-state index contributed by atoms with van der Waals surface area (Å²) in [6, 6.07) is 5.09. The Morgan fingerprint density at radius 3 is 2.43 bits per heavy atom. The number of anilines is 1. The first-order valence-corrected chi connectivity index (χ1v) is 10.7. The summed E-state index contributed by atoms with van der Waals surface area (Å²) in [5.41, 5.74) is 0.638. The number of thioether (sulfide) groups is 1. The van der Waals surface area contributed by atoms with Gasteiger partial charge in [0.2, 0.25) is 5.91 Å². The summed E-state index contributed by atoms with van der Waals surface area (Å²) in [6.07, 6.45) is 0. The van der Waals surface area contributed by atoms with Gasteiger partial charge in [0.15, 0.2) is 0 Å². The van der Waals surface area contributed by atoms with Crippen LogP contribution in [0.1, 0.15) is 32.5 Å². The highest BCUT2D eigenvalue weighted by atomic mass is 35.5. The maximum Gasteiger partial charge on any atom is 0.341 e. The Kier molecular flexibility index (Phi) is 8.18. The van der Waals surface area contributed by atoms with Gasteiger partial charge in [-0.3, -0.25) is 9.59 Å². The lowest BCUT2D eigenvalue weighted by Gasteiger charge is -2.08.